The lowest BCUT2D eigenvalue weighted by atomic mass is 10.1. The van der Waals surface area contributed by atoms with E-state index in [1.807, 2.05) is 32.9 Å². The molecule has 0 aliphatic carbocycles. The molecule has 0 aliphatic heterocycles. The number of phenolic OH excluding ortho intramolecular Hbond substituents is 1. The molecule has 3 rings (SSSR count). The fourth-order valence-corrected chi connectivity index (χ4v) is 4.03. The number of carbonyl (C=O) groups is 2. The Labute approximate surface area is 189 Å². The van der Waals surface area contributed by atoms with Gasteiger partial charge in [0.2, 0.25) is 0 Å². The Bertz CT molecular complexity index is 1140. The summed E-state index contributed by atoms with van der Waals surface area (Å²) in [7, 11) is 0. The number of carbonyl (C=O) groups excluding carboxylic acids is 2. The number of aldehydes is 1. The molecule has 0 aliphatic rings. The van der Waals surface area contributed by atoms with Gasteiger partial charge >= 0.3 is 11.0 Å². The third-order valence-electron chi connectivity index (χ3n) is 4.56. The van der Waals surface area contributed by atoms with Gasteiger partial charge in [-0.15, -0.1) is 0 Å². The fraction of sp³-hybridized carbons (Fsp3) is 0.348. The van der Waals surface area contributed by atoms with E-state index in [2.05, 4.69) is 4.98 Å². The molecule has 0 radical (unpaired) electrons. The maximum Gasteiger partial charge on any atom is 0.410 e. The number of rotatable bonds is 8. The maximum atomic E-state index is 12.9. The van der Waals surface area contributed by atoms with E-state index in [1.165, 1.54) is 6.07 Å². The second kappa shape index (κ2) is 9.86. The Morgan fingerprint density at radius 2 is 1.91 bits per heavy atom. The second-order valence-electron chi connectivity index (χ2n) is 8.24. The molecule has 9 heteroatoms. The van der Waals surface area contributed by atoms with E-state index in [0.717, 1.165) is 22.5 Å². The average Bonchev–Trinajstić information content (AvgIpc) is 3.13. The molecule has 3 aromatic rings. The molecule has 0 bridgehead atoms. The van der Waals surface area contributed by atoms with E-state index in [1.54, 1.807) is 23.1 Å². The van der Waals surface area contributed by atoms with E-state index < -0.39 is 11.7 Å². The number of ether oxygens (including phenoxy) is 2. The number of nitrogens with one attached hydrogen (secondary N) is 1. The lowest BCUT2D eigenvalue weighted by Gasteiger charge is -2.27. The number of benzene rings is 2. The van der Waals surface area contributed by atoms with E-state index in [0.29, 0.717) is 41.8 Å². The molecular weight excluding hydrogens is 432 g/mol. The molecule has 0 unspecified atom stereocenters. The summed E-state index contributed by atoms with van der Waals surface area (Å²) in [5.41, 5.74) is 1.49. The maximum absolute atomic E-state index is 12.9. The van der Waals surface area contributed by atoms with Crippen LogP contribution < -0.4 is 9.61 Å². The fourth-order valence-electron chi connectivity index (χ4n) is 3.13. The van der Waals surface area contributed by atoms with Crippen LogP contribution in [0.4, 0.5) is 4.79 Å². The quantitative estimate of drug-likeness (QED) is 0.496. The zero-order chi connectivity index (χ0) is 23.3. The van der Waals surface area contributed by atoms with Crippen molar-refractivity contribution in [1.82, 2.24) is 9.88 Å². The van der Waals surface area contributed by atoms with E-state index in [-0.39, 0.29) is 17.2 Å². The standard InChI is InChI=1S/C23H26N2O6S/c1-23(2,3)31-22(29)25(14-15-4-7-17(8-5-15)30-13-12-26)11-10-16-6-9-18(27)19-20(16)32-21(28)24-19/h4-9,12,27H,10-11,13-14H2,1-3H3,(H,24,28). The molecule has 0 fully saturated rings. The molecule has 0 spiro atoms. The minimum absolute atomic E-state index is 0.0167. The van der Waals surface area contributed by atoms with Crippen LogP contribution in [0.15, 0.2) is 41.2 Å². The first-order valence-corrected chi connectivity index (χ1v) is 10.9. The molecule has 1 aromatic heterocycles. The first-order valence-electron chi connectivity index (χ1n) is 10.1. The van der Waals surface area contributed by atoms with Crippen molar-refractivity contribution in [2.45, 2.75) is 39.3 Å². The number of aromatic amines is 1. The van der Waals surface area contributed by atoms with Gasteiger partial charge in [0.1, 0.15) is 29.2 Å². The molecule has 1 amide bonds. The number of fused-ring (bicyclic) bond motifs is 1. The Kier molecular flexibility index (Phi) is 7.19. The lowest BCUT2D eigenvalue weighted by molar-refractivity contribution is -0.109. The van der Waals surface area contributed by atoms with Crippen LogP contribution in [-0.2, 0) is 22.5 Å². The van der Waals surface area contributed by atoms with Gasteiger partial charge in [-0.1, -0.05) is 29.5 Å². The Hall–Kier alpha value is -3.33. The van der Waals surface area contributed by atoms with Crippen LogP contribution in [0.25, 0.3) is 10.2 Å². The molecular formula is C23H26N2O6S. The van der Waals surface area contributed by atoms with Crippen LogP contribution in [0, 0.1) is 0 Å². The highest BCUT2D eigenvalue weighted by Gasteiger charge is 2.23. The molecule has 0 saturated carbocycles. The summed E-state index contributed by atoms with van der Waals surface area (Å²) in [6, 6.07) is 10.4. The molecule has 170 valence electrons. The average molecular weight is 459 g/mol. The summed E-state index contributed by atoms with van der Waals surface area (Å²) in [5, 5.41) is 10.00. The third kappa shape index (κ3) is 6.10. The van der Waals surface area contributed by atoms with Crippen molar-refractivity contribution >= 4 is 33.9 Å². The molecule has 2 N–H and O–H groups in total. The summed E-state index contributed by atoms with van der Waals surface area (Å²) < 4.78 is 11.5. The smallest absolute Gasteiger partial charge is 0.410 e. The Morgan fingerprint density at radius 3 is 2.56 bits per heavy atom. The zero-order valence-corrected chi connectivity index (χ0v) is 19.0. The summed E-state index contributed by atoms with van der Waals surface area (Å²) in [4.78, 5) is 39.1. The normalized spacial score (nSPS) is 11.3. The third-order valence-corrected chi connectivity index (χ3v) is 5.51. The van der Waals surface area contributed by atoms with Gasteiger partial charge < -0.3 is 24.5 Å². The largest absolute Gasteiger partial charge is 0.506 e. The number of hydrogen-bond acceptors (Lipinski definition) is 7. The summed E-state index contributed by atoms with van der Waals surface area (Å²) in [6.45, 7) is 6.07. The lowest BCUT2D eigenvalue weighted by Crippen LogP contribution is -2.37. The summed E-state index contributed by atoms with van der Waals surface area (Å²) in [5.74, 6) is 0.585. The van der Waals surface area contributed by atoms with Crippen molar-refractivity contribution in [2.75, 3.05) is 13.2 Å². The molecule has 8 nitrogen and oxygen atoms in total. The van der Waals surface area contributed by atoms with Crippen molar-refractivity contribution in [2.24, 2.45) is 0 Å². The van der Waals surface area contributed by atoms with Crippen LogP contribution in [0.1, 0.15) is 31.9 Å². The number of aromatic nitrogens is 1. The molecule has 1 heterocycles. The first kappa shape index (κ1) is 23.3. The van der Waals surface area contributed by atoms with Gasteiger partial charge in [-0.05, 0) is 56.5 Å². The zero-order valence-electron chi connectivity index (χ0n) is 18.2. The number of thiazole rings is 1. The number of phenols is 1. The highest BCUT2D eigenvalue weighted by molar-refractivity contribution is 7.16. The number of nitrogens with zero attached hydrogens (tertiary/aromatic N) is 1. The predicted octanol–water partition coefficient (Wildman–Crippen LogP) is 3.85. The minimum atomic E-state index is -0.645. The van der Waals surface area contributed by atoms with Crippen molar-refractivity contribution in [3.05, 3.63) is 57.2 Å². The Morgan fingerprint density at radius 1 is 1.19 bits per heavy atom. The summed E-state index contributed by atoms with van der Waals surface area (Å²) in [6.07, 6.45) is 0.709. The number of hydrogen-bond donors (Lipinski definition) is 2. The van der Waals surface area contributed by atoms with Crippen LogP contribution in [0.3, 0.4) is 0 Å². The van der Waals surface area contributed by atoms with E-state index in [4.69, 9.17) is 9.47 Å². The van der Waals surface area contributed by atoms with E-state index in [9.17, 15) is 19.5 Å². The SMILES string of the molecule is CC(C)(C)OC(=O)N(CCc1ccc(O)c2[nH]c(=O)sc12)Cc1ccc(OCC=O)cc1. The molecule has 0 atom stereocenters. The van der Waals surface area contributed by atoms with Crippen molar-refractivity contribution in [3.63, 3.8) is 0 Å². The number of H-pyrrole nitrogens is 1. The predicted molar refractivity (Wildman–Crippen MR) is 122 cm³/mol. The van der Waals surface area contributed by atoms with Crippen LogP contribution in [-0.4, -0.2) is 46.1 Å². The minimum Gasteiger partial charge on any atom is -0.506 e. The monoisotopic (exact) mass is 458 g/mol. The van der Waals surface area contributed by atoms with Crippen LogP contribution >= 0.6 is 11.3 Å². The van der Waals surface area contributed by atoms with Gasteiger partial charge in [0.15, 0.2) is 6.29 Å². The highest BCUT2D eigenvalue weighted by atomic mass is 32.1. The van der Waals surface area contributed by atoms with Gasteiger partial charge in [0, 0.05) is 13.1 Å². The van der Waals surface area contributed by atoms with Crippen molar-refractivity contribution in [1.29, 1.82) is 0 Å². The topological polar surface area (TPSA) is 109 Å². The highest BCUT2D eigenvalue weighted by Crippen LogP contribution is 2.28. The van der Waals surface area contributed by atoms with Crippen LogP contribution in [0.5, 0.6) is 11.5 Å². The van der Waals surface area contributed by atoms with Gasteiger partial charge in [-0.25, -0.2) is 4.79 Å². The van der Waals surface area contributed by atoms with Gasteiger partial charge in [-0.2, -0.15) is 0 Å². The second-order valence-corrected chi connectivity index (χ2v) is 9.22. The number of amides is 1. The Balaban J connectivity index is 1.79. The summed E-state index contributed by atoms with van der Waals surface area (Å²) >= 11 is 1.03. The van der Waals surface area contributed by atoms with Crippen LogP contribution in [0.2, 0.25) is 0 Å². The van der Waals surface area contributed by atoms with Crippen molar-refractivity contribution < 1.29 is 24.2 Å². The van der Waals surface area contributed by atoms with Gasteiger partial charge in [0.25, 0.3) is 0 Å². The number of aromatic hydroxyl groups is 1. The first-order chi connectivity index (χ1) is 15.2. The molecule has 32 heavy (non-hydrogen) atoms. The van der Waals surface area contributed by atoms with Gasteiger partial charge in [-0.3, -0.25) is 9.59 Å². The molecule has 2 aromatic carbocycles. The molecule has 0 saturated heterocycles. The van der Waals surface area contributed by atoms with E-state index >= 15 is 0 Å². The van der Waals surface area contributed by atoms with Crippen molar-refractivity contribution in [3.8, 4) is 11.5 Å². The van der Waals surface area contributed by atoms with Gasteiger partial charge in [0.05, 0.1) is 4.70 Å².